The zero-order valence-corrected chi connectivity index (χ0v) is 25.2. The molecule has 12 heteroatoms. The Bertz CT molecular complexity index is 1740. The van der Waals surface area contributed by atoms with Gasteiger partial charge in [0.1, 0.15) is 11.6 Å². The average Bonchev–Trinajstić information content (AvgIpc) is 3.60. The molecule has 43 heavy (non-hydrogen) atoms. The molecule has 1 aromatic carbocycles. The molecule has 6 rings (SSSR count). The number of ether oxygens (including phenoxy) is 1. The van der Waals surface area contributed by atoms with Crippen molar-refractivity contribution >= 4 is 27.0 Å². The number of nitrogens with zero attached hydrogens (tertiary/aromatic N) is 4. The van der Waals surface area contributed by atoms with Gasteiger partial charge in [-0.2, -0.15) is 9.61 Å². The van der Waals surface area contributed by atoms with Crippen molar-refractivity contribution in [1.82, 2.24) is 19.6 Å². The summed E-state index contributed by atoms with van der Waals surface area (Å²) in [5, 5.41) is 7.27. The molecule has 4 atom stereocenters. The van der Waals surface area contributed by atoms with E-state index in [1.807, 2.05) is 13.0 Å². The quantitative estimate of drug-likeness (QED) is 0.282. The fourth-order valence-corrected chi connectivity index (χ4v) is 8.98. The lowest BCUT2D eigenvalue weighted by atomic mass is 9.76. The minimum atomic E-state index is -3.28. The summed E-state index contributed by atoms with van der Waals surface area (Å²) in [6.45, 7) is 1.92. The normalized spacial score (nSPS) is 24.0. The molecule has 3 aromatic heterocycles. The van der Waals surface area contributed by atoms with E-state index in [4.69, 9.17) is 10.5 Å². The van der Waals surface area contributed by atoms with Crippen molar-refractivity contribution in [2.75, 3.05) is 18.7 Å². The van der Waals surface area contributed by atoms with Crippen LogP contribution in [-0.4, -0.2) is 52.7 Å². The van der Waals surface area contributed by atoms with Crippen molar-refractivity contribution in [3.05, 3.63) is 71.7 Å². The van der Waals surface area contributed by atoms with E-state index in [1.54, 1.807) is 37.8 Å². The maximum atomic E-state index is 15.5. The molecule has 0 radical (unpaired) electrons. The van der Waals surface area contributed by atoms with Gasteiger partial charge in [0, 0.05) is 25.6 Å². The highest BCUT2D eigenvalue weighted by Gasteiger charge is 2.41. The number of rotatable bonds is 7. The first-order chi connectivity index (χ1) is 20.5. The zero-order valence-electron chi connectivity index (χ0n) is 24.4. The average molecular weight is 611 g/mol. The first-order valence-corrected chi connectivity index (χ1v) is 16.5. The second-order valence-corrected chi connectivity index (χ2v) is 14.3. The van der Waals surface area contributed by atoms with Crippen LogP contribution in [0, 0.1) is 17.6 Å². The summed E-state index contributed by atoms with van der Waals surface area (Å²) in [6.07, 6.45) is 10.7. The van der Waals surface area contributed by atoms with E-state index in [2.05, 4.69) is 20.4 Å². The van der Waals surface area contributed by atoms with Crippen molar-refractivity contribution in [2.24, 2.45) is 11.7 Å². The molecule has 2 aliphatic carbocycles. The minimum Gasteiger partial charge on any atom is -0.374 e. The monoisotopic (exact) mass is 610 g/mol. The molecule has 228 valence electrons. The van der Waals surface area contributed by atoms with E-state index in [0.717, 1.165) is 31.2 Å². The number of benzene rings is 1. The number of aromatic nitrogens is 4. The Kier molecular flexibility index (Phi) is 7.72. The fraction of sp³-hybridized carbons (Fsp3) is 0.452. The molecular formula is C31H36F2N6O3S. The van der Waals surface area contributed by atoms with E-state index in [0.29, 0.717) is 35.6 Å². The van der Waals surface area contributed by atoms with Crippen LogP contribution in [-0.2, 0) is 20.2 Å². The first kappa shape index (κ1) is 29.6. The summed E-state index contributed by atoms with van der Waals surface area (Å²) in [6, 6.07) is 7.40. The largest absolute Gasteiger partial charge is 0.374 e. The number of hydrogen-bond donors (Lipinski definition) is 2. The molecule has 3 heterocycles. The van der Waals surface area contributed by atoms with Crippen LogP contribution in [0.2, 0.25) is 0 Å². The topological polar surface area (TPSA) is 124 Å². The van der Waals surface area contributed by atoms with Crippen LogP contribution in [0.15, 0.2) is 48.9 Å². The van der Waals surface area contributed by atoms with E-state index in [-0.39, 0.29) is 23.1 Å². The fourth-order valence-electron chi connectivity index (χ4n) is 7.28. The maximum Gasteiger partial charge on any atom is 0.229 e. The first-order valence-electron chi connectivity index (χ1n) is 14.6. The molecule has 0 amide bonds. The number of hydrogen-bond acceptors (Lipinski definition) is 8. The van der Waals surface area contributed by atoms with Crippen molar-refractivity contribution in [3.63, 3.8) is 0 Å². The predicted molar refractivity (Wildman–Crippen MR) is 161 cm³/mol. The Morgan fingerprint density at radius 1 is 1.09 bits per heavy atom. The molecule has 2 aliphatic rings. The van der Waals surface area contributed by atoms with Crippen LogP contribution < -0.4 is 11.1 Å². The van der Waals surface area contributed by atoms with Gasteiger partial charge >= 0.3 is 0 Å². The molecule has 2 saturated carbocycles. The van der Waals surface area contributed by atoms with E-state index < -0.39 is 38.4 Å². The van der Waals surface area contributed by atoms with E-state index in [1.165, 1.54) is 22.9 Å². The van der Waals surface area contributed by atoms with Crippen LogP contribution in [0.5, 0.6) is 0 Å². The minimum absolute atomic E-state index is 0.000198. The molecular weight excluding hydrogens is 574 g/mol. The highest BCUT2D eigenvalue weighted by Crippen LogP contribution is 2.44. The number of pyridine rings is 1. The summed E-state index contributed by atoms with van der Waals surface area (Å²) >= 11 is 0. The molecule has 0 saturated heterocycles. The van der Waals surface area contributed by atoms with Crippen molar-refractivity contribution in [1.29, 1.82) is 0 Å². The molecule has 2 fully saturated rings. The van der Waals surface area contributed by atoms with Gasteiger partial charge in [0.15, 0.2) is 9.84 Å². The van der Waals surface area contributed by atoms with Gasteiger partial charge in [-0.05, 0) is 79.0 Å². The molecule has 9 nitrogen and oxygen atoms in total. The molecule has 0 aliphatic heterocycles. The second kappa shape index (κ2) is 11.2. The molecule has 0 unspecified atom stereocenters. The van der Waals surface area contributed by atoms with Gasteiger partial charge < -0.3 is 15.8 Å². The third-order valence-corrected chi connectivity index (χ3v) is 11.0. The number of sulfone groups is 1. The lowest BCUT2D eigenvalue weighted by molar-refractivity contribution is -0.00914. The van der Waals surface area contributed by atoms with Gasteiger partial charge in [-0.15, -0.1) is 0 Å². The van der Waals surface area contributed by atoms with Crippen molar-refractivity contribution in [2.45, 2.75) is 68.3 Å². The number of fused-ring (bicyclic) bond motifs is 1. The Morgan fingerprint density at radius 2 is 1.81 bits per heavy atom. The zero-order chi connectivity index (χ0) is 30.5. The summed E-state index contributed by atoms with van der Waals surface area (Å²) < 4.78 is 63.0. The number of nitrogens with two attached hydrogens (primary N) is 1. The molecule has 3 N–H and O–H groups in total. The Labute approximate surface area is 249 Å². The second-order valence-electron chi connectivity index (χ2n) is 12.0. The SMILES string of the molecule is COC1(c2cc(F)c(-c3ccc4cnc(Nc5cnccc5[C@H]5C[C@@H](N)[C@H](S(C)(=O)=O)[C@@H](C)C5)n4n3)c(F)c2)CCCC1. The third kappa shape index (κ3) is 5.40. The van der Waals surface area contributed by atoms with Crippen LogP contribution in [0.25, 0.3) is 16.8 Å². The van der Waals surface area contributed by atoms with Gasteiger partial charge in [0.2, 0.25) is 5.95 Å². The summed E-state index contributed by atoms with van der Waals surface area (Å²) in [7, 11) is -1.70. The van der Waals surface area contributed by atoms with Gasteiger partial charge in [-0.1, -0.05) is 19.8 Å². The Morgan fingerprint density at radius 3 is 2.47 bits per heavy atom. The lowest BCUT2D eigenvalue weighted by Crippen LogP contribution is -2.48. The van der Waals surface area contributed by atoms with Gasteiger partial charge in [0.25, 0.3) is 0 Å². The molecule has 4 aromatic rings. The summed E-state index contributed by atoms with van der Waals surface area (Å²) in [5.74, 6) is -1.19. The highest BCUT2D eigenvalue weighted by molar-refractivity contribution is 7.91. The number of nitrogens with one attached hydrogen (secondary N) is 1. The van der Waals surface area contributed by atoms with Crippen LogP contribution in [0.4, 0.5) is 20.4 Å². The van der Waals surface area contributed by atoms with Crippen molar-refractivity contribution < 1.29 is 21.9 Å². The smallest absolute Gasteiger partial charge is 0.229 e. The van der Waals surface area contributed by atoms with Crippen molar-refractivity contribution in [3.8, 4) is 11.3 Å². The molecule has 0 bridgehead atoms. The van der Waals surface area contributed by atoms with E-state index >= 15 is 8.78 Å². The third-order valence-electron chi connectivity index (χ3n) is 9.24. The van der Waals surface area contributed by atoms with Crippen LogP contribution in [0.3, 0.4) is 0 Å². The lowest BCUT2D eigenvalue weighted by Gasteiger charge is -2.38. The number of imidazole rings is 1. The van der Waals surface area contributed by atoms with Gasteiger partial charge in [0.05, 0.1) is 45.7 Å². The van der Waals surface area contributed by atoms with Crippen LogP contribution >= 0.6 is 0 Å². The maximum absolute atomic E-state index is 15.5. The number of halogens is 2. The number of methoxy groups -OCH3 is 1. The van der Waals surface area contributed by atoms with Gasteiger partial charge in [-0.25, -0.2) is 22.2 Å². The summed E-state index contributed by atoms with van der Waals surface area (Å²) in [4.78, 5) is 8.75. The Balaban J connectivity index is 1.32. The Hall–Kier alpha value is -3.48. The standard InChI is InChI=1S/C31H36F2N6O3S/c1-18-12-19(13-25(34)29(18)43(3,40)41)22-8-11-35-17-27(22)37-30-36-16-21-6-7-26(38-39(21)30)28-23(32)14-20(15-24(28)33)31(42-2)9-4-5-10-31/h6-8,11,14-19,25,29H,4-5,9-10,12-13,34H2,1-3H3,(H,36,37)/t18-,19+,25+,29+/m0/s1. The molecule has 0 spiro atoms. The van der Waals surface area contributed by atoms with Gasteiger partial charge in [-0.3, -0.25) is 4.98 Å². The van der Waals surface area contributed by atoms with E-state index in [9.17, 15) is 8.42 Å². The summed E-state index contributed by atoms with van der Waals surface area (Å²) in [5.41, 5.74) is 8.36. The predicted octanol–water partition coefficient (Wildman–Crippen LogP) is 5.48. The number of anilines is 2. The highest BCUT2D eigenvalue weighted by atomic mass is 32.2. The van der Waals surface area contributed by atoms with Crippen LogP contribution in [0.1, 0.15) is 62.5 Å².